The van der Waals surface area contributed by atoms with Crippen molar-refractivity contribution in [1.82, 2.24) is 0 Å². The lowest BCUT2D eigenvalue weighted by molar-refractivity contribution is 0.411. The molecule has 1 aromatic rings. The second-order valence-corrected chi connectivity index (χ2v) is 3.13. The van der Waals surface area contributed by atoms with Gasteiger partial charge in [-0.25, -0.2) is 9.79 Å². The summed E-state index contributed by atoms with van der Waals surface area (Å²) < 4.78 is 5.91. The number of nitrogens with zero attached hydrogens (tertiary/aromatic N) is 1. The number of ether oxygens (including phenoxy) is 1. The minimum absolute atomic E-state index is 0.321. The Kier molecular flexibility index (Phi) is 3.68. The zero-order chi connectivity index (χ0) is 9.68. The van der Waals surface area contributed by atoms with Crippen LogP contribution in [0, 0.1) is 0 Å². The van der Waals surface area contributed by atoms with Crippen molar-refractivity contribution in [2.75, 3.05) is 7.11 Å². The van der Waals surface area contributed by atoms with Gasteiger partial charge in [0.15, 0.2) is 0 Å². The number of hydrogen-bond acceptors (Lipinski definition) is 3. The van der Waals surface area contributed by atoms with Gasteiger partial charge in [0.1, 0.15) is 5.75 Å². The van der Waals surface area contributed by atoms with Crippen molar-refractivity contribution in [2.24, 2.45) is 4.99 Å². The standard InChI is InChI=1S/C9H8BrNO2/c1-13-8-4-2-3-7(9(8)10)5-11-6-12/h2-4H,5H2,1H3. The van der Waals surface area contributed by atoms with Crippen LogP contribution in [-0.4, -0.2) is 13.2 Å². The SMILES string of the molecule is COc1cccc(CN=C=O)c1Br. The Labute approximate surface area is 84.6 Å². The average Bonchev–Trinajstić information content (AvgIpc) is 2.16. The minimum atomic E-state index is 0.321. The van der Waals surface area contributed by atoms with Crippen LogP contribution in [0.2, 0.25) is 0 Å². The third kappa shape index (κ3) is 2.41. The number of aliphatic imine (C=N–C) groups is 1. The molecule has 4 heteroatoms. The summed E-state index contributed by atoms with van der Waals surface area (Å²) in [5, 5.41) is 0. The number of methoxy groups -OCH3 is 1. The van der Waals surface area contributed by atoms with Gasteiger partial charge >= 0.3 is 0 Å². The highest BCUT2D eigenvalue weighted by Crippen LogP contribution is 2.28. The van der Waals surface area contributed by atoms with E-state index in [1.54, 1.807) is 7.11 Å². The number of benzene rings is 1. The van der Waals surface area contributed by atoms with E-state index in [-0.39, 0.29) is 0 Å². The molecule has 0 aromatic heterocycles. The lowest BCUT2D eigenvalue weighted by Crippen LogP contribution is -1.89. The maximum Gasteiger partial charge on any atom is 0.235 e. The molecule has 0 amide bonds. The minimum Gasteiger partial charge on any atom is -0.496 e. The number of isocyanates is 1. The van der Waals surface area contributed by atoms with Crippen molar-refractivity contribution < 1.29 is 9.53 Å². The number of halogens is 1. The van der Waals surface area contributed by atoms with Gasteiger partial charge in [-0.3, -0.25) is 0 Å². The van der Waals surface area contributed by atoms with Gasteiger partial charge in [0.2, 0.25) is 6.08 Å². The average molecular weight is 242 g/mol. The molecule has 0 spiro atoms. The van der Waals surface area contributed by atoms with Crippen LogP contribution in [0.4, 0.5) is 0 Å². The molecular weight excluding hydrogens is 234 g/mol. The van der Waals surface area contributed by atoms with E-state index in [1.165, 1.54) is 6.08 Å². The zero-order valence-corrected chi connectivity index (χ0v) is 8.67. The second kappa shape index (κ2) is 4.80. The predicted octanol–water partition coefficient (Wildman–Crippen LogP) is 2.29. The van der Waals surface area contributed by atoms with Crippen LogP contribution in [0.15, 0.2) is 27.7 Å². The lowest BCUT2D eigenvalue weighted by atomic mass is 10.2. The quantitative estimate of drug-likeness (QED) is 0.602. The molecule has 68 valence electrons. The molecule has 0 heterocycles. The number of carbonyl (C=O) groups excluding carboxylic acids is 1. The van der Waals surface area contributed by atoms with Crippen LogP contribution in [0.25, 0.3) is 0 Å². The summed E-state index contributed by atoms with van der Waals surface area (Å²) in [4.78, 5) is 13.4. The summed E-state index contributed by atoms with van der Waals surface area (Å²) in [5.74, 6) is 0.735. The summed E-state index contributed by atoms with van der Waals surface area (Å²) in [5.41, 5.74) is 0.905. The highest BCUT2D eigenvalue weighted by molar-refractivity contribution is 9.10. The molecule has 0 bridgehead atoms. The van der Waals surface area contributed by atoms with E-state index in [9.17, 15) is 4.79 Å². The highest BCUT2D eigenvalue weighted by atomic mass is 79.9. The van der Waals surface area contributed by atoms with Crippen molar-refractivity contribution in [3.8, 4) is 5.75 Å². The third-order valence-corrected chi connectivity index (χ3v) is 2.48. The fourth-order valence-electron chi connectivity index (χ4n) is 0.953. The summed E-state index contributed by atoms with van der Waals surface area (Å²) >= 11 is 3.36. The summed E-state index contributed by atoms with van der Waals surface area (Å²) in [7, 11) is 1.59. The molecule has 0 saturated carbocycles. The van der Waals surface area contributed by atoms with Crippen molar-refractivity contribution >= 4 is 22.0 Å². The van der Waals surface area contributed by atoms with E-state index in [1.807, 2.05) is 18.2 Å². The second-order valence-electron chi connectivity index (χ2n) is 2.34. The normalized spacial score (nSPS) is 9.08. The van der Waals surface area contributed by atoms with Crippen LogP contribution in [0.1, 0.15) is 5.56 Å². The largest absolute Gasteiger partial charge is 0.496 e. The van der Waals surface area contributed by atoms with Crippen LogP contribution < -0.4 is 4.74 Å². The first-order valence-electron chi connectivity index (χ1n) is 3.64. The summed E-state index contributed by atoms with van der Waals surface area (Å²) in [6.07, 6.45) is 1.49. The van der Waals surface area contributed by atoms with Crippen LogP contribution in [0.5, 0.6) is 5.75 Å². The molecule has 0 radical (unpaired) electrons. The molecule has 3 nitrogen and oxygen atoms in total. The molecule has 0 N–H and O–H groups in total. The van der Waals surface area contributed by atoms with Gasteiger partial charge in [-0.15, -0.1) is 0 Å². The van der Waals surface area contributed by atoms with Crippen molar-refractivity contribution in [2.45, 2.75) is 6.54 Å². The number of hydrogen-bond donors (Lipinski definition) is 0. The van der Waals surface area contributed by atoms with E-state index >= 15 is 0 Å². The molecule has 0 atom stereocenters. The molecule has 0 aliphatic carbocycles. The van der Waals surface area contributed by atoms with E-state index in [4.69, 9.17) is 4.74 Å². The van der Waals surface area contributed by atoms with Gasteiger partial charge in [-0.05, 0) is 27.6 Å². The van der Waals surface area contributed by atoms with Gasteiger partial charge in [-0.2, -0.15) is 0 Å². The van der Waals surface area contributed by atoms with Gasteiger partial charge in [0.05, 0.1) is 18.1 Å². The van der Waals surface area contributed by atoms with Crippen molar-refractivity contribution in [1.29, 1.82) is 0 Å². The third-order valence-electron chi connectivity index (χ3n) is 1.58. The Morgan fingerprint density at radius 1 is 1.62 bits per heavy atom. The van der Waals surface area contributed by atoms with E-state index in [0.717, 1.165) is 15.8 Å². The van der Waals surface area contributed by atoms with E-state index in [0.29, 0.717) is 6.54 Å². The Balaban J connectivity index is 3.00. The van der Waals surface area contributed by atoms with Gasteiger partial charge in [0.25, 0.3) is 0 Å². The van der Waals surface area contributed by atoms with Crippen LogP contribution >= 0.6 is 15.9 Å². The van der Waals surface area contributed by atoms with Gasteiger partial charge < -0.3 is 4.74 Å². The fourth-order valence-corrected chi connectivity index (χ4v) is 1.51. The molecular formula is C9H8BrNO2. The predicted molar refractivity (Wildman–Crippen MR) is 52.5 cm³/mol. The molecule has 0 aliphatic rings. The first-order chi connectivity index (χ1) is 6.29. The van der Waals surface area contributed by atoms with Crippen LogP contribution in [0.3, 0.4) is 0 Å². The zero-order valence-electron chi connectivity index (χ0n) is 7.08. The van der Waals surface area contributed by atoms with Crippen molar-refractivity contribution in [3.05, 3.63) is 28.2 Å². The Bertz CT molecular complexity index is 345. The summed E-state index contributed by atoms with van der Waals surface area (Å²) in [6, 6.07) is 5.55. The number of rotatable bonds is 3. The first kappa shape index (κ1) is 9.96. The van der Waals surface area contributed by atoms with Crippen LogP contribution in [-0.2, 0) is 11.3 Å². The monoisotopic (exact) mass is 241 g/mol. The smallest absolute Gasteiger partial charge is 0.235 e. The fraction of sp³-hybridized carbons (Fsp3) is 0.222. The molecule has 0 unspecified atom stereocenters. The molecule has 13 heavy (non-hydrogen) atoms. The molecule has 1 aromatic carbocycles. The Morgan fingerprint density at radius 3 is 3.00 bits per heavy atom. The maximum atomic E-state index is 9.91. The van der Waals surface area contributed by atoms with Gasteiger partial charge in [0, 0.05) is 0 Å². The van der Waals surface area contributed by atoms with E-state index < -0.39 is 0 Å². The van der Waals surface area contributed by atoms with Gasteiger partial charge in [-0.1, -0.05) is 12.1 Å². The first-order valence-corrected chi connectivity index (χ1v) is 4.44. The molecule has 0 fully saturated rings. The Hall–Kier alpha value is -1.12. The topological polar surface area (TPSA) is 38.7 Å². The maximum absolute atomic E-state index is 9.91. The molecule has 0 aliphatic heterocycles. The van der Waals surface area contributed by atoms with E-state index in [2.05, 4.69) is 20.9 Å². The molecule has 0 saturated heterocycles. The summed E-state index contributed by atoms with van der Waals surface area (Å²) in [6.45, 7) is 0.321. The Morgan fingerprint density at radius 2 is 2.38 bits per heavy atom. The molecule has 1 rings (SSSR count). The van der Waals surface area contributed by atoms with Crippen molar-refractivity contribution in [3.63, 3.8) is 0 Å². The highest BCUT2D eigenvalue weighted by Gasteiger charge is 2.04. The lowest BCUT2D eigenvalue weighted by Gasteiger charge is -2.05.